The lowest BCUT2D eigenvalue weighted by Crippen LogP contribution is -2.27. The second-order valence-electron chi connectivity index (χ2n) is 6.88. The van der Waals surface area contributed by atoms with E-state index in [0.29, 0.717) is 21.3 Å². The van der Waals surface area contributed by atoms with Crippen molar-refractivity contribution in [2.45, 2.75) is 10.3 Å². The topological polar surface area (TPSA) is 49.4 Å². The number of halogens is 5. The first-order valence-corrected chi connectivity index (χ1v) is 10.6. The zero-order valence-corrected chi connectivity index (χ0v) is 19.3. The fourth-order valence-corrected chi connectivity index (χ4v) is 4.79. The fourth-order valence-electron chi connectivity index (χ4n) is 3.22. The maximum absolute atomic E-state index is 12.8. The van der Waals surface area contributed by atoms with Gasteiger partial charge in [-0.25, -0.2) is 0 Å². The number of nitrogens with zero attached hydrogens (tertiary/aromatic N) is 1. The molecule has 1 aliphatic rings. The Labute approximate surface area is 199 Å². The van der Waals surface area contributed by atoms with E-state index in [1.807, 2.05) is 0 Å². The summed E-state index contributed by atoms with van der Waals surface area (Å²) in [6.45, 7) is 0.124. The number of alkyl halides is 2. The van der Waals surface area contributed by atoms with Gasteiger partial charge in [0.2, 0.25) is 5.91 Å². The largest absolute Gasteiger partial charge is 0.331 e. The van der Waals surface area contributed by atoms with Gasteiger partial charge >= 0.3 is 0 Å². The van der Waals surface area contributed by atoms with E-state index in [1.54, 1.807) is 31.3 Å². The van der Waals surface area contributed by atoms with Gasteiger partial charge in [-0.1, -0.05) is 40.7 Å². The number of terminal acetylenes is 1. The van der Waals surface area contributed by atoms with Crippen LogP contribution in [0.5, 0.6) is 0 Å². The number of nitrogens with one attached hydrogen (secondary N) is 1. The van der Waals surface area contributed by atoms with Gasteiger partial charge in [0.05, 0.1) is 23.0 Å². The summed E-state index contributed by atoms with van der Waals surface area (Å²) in [6.07, 6.45) is 5.25. The van der Waals surface area contributed by atoms with Crippen molar-refractivity contribution in [3.8, 4) is 12.3 Å². The van der Waals surface area contributed by atoms with Gasteiger partial charge in [0, 0.05) is 28.7 Å². The molecule has 0 radical (unpaired) electrons. The van der Waals surface area contributed by atoms with Gasteiger partial charge in [-0.2, -0.15) is 0 Å². The average molecular weight is 505 g/mol. The van der Waals surface area contributed by atoms with Gasteiger partial charge in [0.1, 0.15) is 4.33 Å². The molecular formula is C21H15Cl5N2O2. The number of benzene rings is 2. The Kier molecular flexibility index (Phi) is 6.81. The zero-order chi connectivity index (χ0) is 22.2. The molecule has 2 aromatic carbocycles. The van der Waals surface area contributed by atoms with Crippen LogP contribution in [0.15, 0.2) is 36.4 Å². The highest BCUT2D eigenvalue weighted by Gasteiger charge is 2.67. The minimum absolute atomic E-state index is 0.124. The maximum atomic E-state index is 12.8. The molecule has 2 aromatic rings. The molecule has 0 spiro atoms. The number of amides is 2. The number of carbonyl (C=O) groups is 2. The van der Waals surface area contributed by atoms with Crippen LogP contribution in [0.4, 0.5) is 5.69 Å². The predicted octanol–water partition coefficient (Wildman–Crippen LogP) is 5.88. The van der Waals surface area contributed by atoms with Gasteiger partial charge in [-0.3, -0.25) is 9.59 Å². The van der Waals surface area contributed by atoms with E-state index in [1.165, 1.54) is 17.0 Å². The first-order valence-electron chi connectivity index (χ1n) is 8.69. The molecule has 1 N–H and O–H groups in total. The Morgan fingerprint density at radius 2 is 1.77 bits per heavy atom. The molecule has 2 amide bonds. The van der Waals surface area contributed by atoms with Gasteiger partial charge in [0.25, 0.3) is 5.91 Å². The second-order valence-corrected chi connectivity index (χ2v) is 9.61. The van der Waals surface area contributed by atoms with E-state index in [4.69, 9.17) is 64.4 Å². The van der Waals surface area contributed by atoms with Gasteiger partial charge in [0.15, 0.2) is 0 Å². The number of rotatable bonds is 5. The fraction of sp³-hybridized carbons (Fsp3) is 0.238. The zero-order valence-electron chi connectivity index (χ0n) is 15.6. The van der Waals surface area contributed by atoms with Crippen molar-refractivity contribution in [3.05, 3.63) is 62.6 Å². The summed E-state index contributed by atoms with van der Waals surface area (Å²) in [5.74, 6) is 0.413. The molecule has 1 aliphatic carbocycles. The smallest absolute Gasteiger partial charge is 0.255 e. The molecule has 0 saturated heterocycles. The lowest BCUT2D eigenvalue weighted by atomic mass is 10.1. The lowest BCUT2D eigenvalue weighted by molar-refractivity contribution is -0.117. The third-order valence-electron chi connectivity index (χ3n) is 4.72. The Balaban J connectivity index is 1.80. The van der Waals surface area contributed by atoms with Crippen molar-refractivity contribution in [2.24, 2.45) is 5.92 Å². The predicted molar refractivity (Wildman–Crippen MR) is 123 cm³/mol. The highest BCUT2D eigenvalue weighted by atomic mass is 35.5. The average Bonchev–Trinajstić information content (AvgIpc) is 3.24. The Morgan fingerprint density at radius 1 is 1.13 bits per heavy atom. The third-order valence-corrected chi connectivity index (χ3v) is 6.43. The van der Waals surface area contributed by atoms with Crippen molar-refractivity contribution in [3.63, 3.8) is 0 Å². The van der Waals surface area contributed by atoms with Crippen molar-refractivity contribution in [1.29, 1.82) is 0 Å². The molecule has 3 rings (SSSR count). The van der Waals surface area contributed by atoms with Crippen molar-refractivity contribution < 1.29 is 9.59 Å². The standard InChI is InChI=1S/C21H15Cl5N2O2/c1-3-6-28(2)20(30)15-10-14(4-5-16(15)24)27-19(29)18-17(21(18,25)26)11-7-12(22)9-13(23)8-11/h1,4-5,7-10,17-18H,6H2,2H3,(H,27,29)/t17-,18+/m0/s1. The monoisotopic (exact) mass is 502 g/mol. The molecule has 2 atom stereocenters. The van der Waals surface area contributed by atoms with Gasteiger partial charge < -0.3 is 10.2 Å². The Morgan fingerprint density at radius 3 is 2.37 bits per heavy atom. The first kappa shape index (κ1) is 23.1. The van der Waals surface area contributed by atoms with E-state index >= 15 is 0 Å². The second kappa shape index (κ2) is 8.86. The van der Waals surface area contributed by atoms with Crippen molar-refractivity contribution in [1.82, 2.24) is 4.90 Å². The number of hydrogen-bond donors (Lipinski definition) is 1. The van der Waals surface area contributed by atoms with Crippen LogP contribution in [0.1, 0.15) is 21.8 Å². The van der Waals surface area contributed by atoms with E-state index in [-0.39, 0.29) is 23.0 Å². The molecule has 4 nitrogen and oxygen atoms in total. The Bertz CT molecular complexity index is 1040. The van der Waals surface area contributed by atoms with Crippen LogP contribution in [0.3, 0.4) is 0 Å². The van der Waals surface area contributed by atoms with E-state index in [0.717, 1.165) is 0 Å². The summed E-state index contributed by atoms with van der Waals surface area (Å²) in [6, 6.07) is 9.50. The molecule has 0 unspecified atom stereocenters. The minimum atomic E-state index is -1.31. The third kappa shape index (κ3) is 4.66. The van der Waals surface area contributed by atoms with Crippen molar-refractivity contribution in [2.75, 3.05) is 18.9 Å². The quantitative estimate of drug-likeness (QED) is 0.409. The number of carbonyl (C=O) groups excluding carboxylic acids is 2. The van der Waals surface area contributed by atoms with Crippen LogP contribution in [0, 0.1) is 18.3 Å². The molecule has 0 heterocycles. The van der Waals surface area contributed by atoms with Crippen molar-refractivity contribution >= 4 is 75.5 Å². The summed E-state index contributed by atoms with van der Waals surface area (Å²) in [4.78, 5) is 26.7. The molecule has 156 valence electrons. The summed E-state index contributed by atoms with van der Waals surface area (Å²) >= 11 is 31.0. The summed E-state index contributed by atoms with van der Waals surface area (Å²) in [5, 5.41) is 3.82. The number of anilines is 1. The molecule has 30 heavy (non-hydrogen) atoms. The van der Waals surface area contributed by atoms with Crippen LogP contribution >= 0.6 is 58.0 Å². The van der Waals surface area contributed by atoms with Crippen LogP contribution < -0.4 is 5.32 Å². The minimum Gasteiger partial charge on any atom is -0.331 e. The van der Waals surface area contributed by atoms with Crippen LogP contribution in [0.25, 0.3) is 0 Å². The summed E-state index contributed by atoms with van der Waals surface area (Å²) < 4.78 is -1.31. The van der Waals surface area contributed by atoms with E-state index in [9.17, 15) is 9.59 Å². The van der Waals surface area contributed by atoms with Crippen LogP contribution in [-0.4, -0.2) is 34.6 Å². The molecule has 0 aliphatic heterocycles. The van der Waals surface area contributed by atoms with E-state index < -0.39 is 22.1 Å². The maximum Gasteiger partial charge on any atom is 0.255 e. The van der Waals surface area contributed by atoms with Gasteiger partial charge in [-0.15, -0.1) is 29.6 Å². The van der Waals surface area contributed by atoms with E-state index in [2.05, 4.69) is 11.2 Å². The molecular weight excluding hydrogens is 490 g/mol. The normalized spacial score (nSPS) is 19.0. The highest BCUT2D eigenvalue weighted by Crippen LogP contribution is 2.65. The van der Waals surface area contributed by atoms with Crippen LogP contribution in [-0.2, 0) is 4.79 Å². The summed E-state index contributed by atoms with van der Waals surface area (Å²) in [7, 11) is 1.56. The SMILES string of the molecule is C#CCN(C)C(=O)c1cc(NC(=O)[C@H]2[C@H](c3cc(Cl)cc(Cl)c3)C2(Cl)Cl)ccc1Cl. The molecule has 9 heteroatoms. The van der Waals surface area contributed by atoms with Gasteiger partial charge in [-0.05, 0) is 42.0 Å². The Hall–Kier alpha value is -1.61. The number of hydrogen-bond acceptors (Lipinski definition) is 2. The first-order chi connectivity index (χ1) is 14.1. The molecule has 0 bridgehead atoms. The molecule has 1 fully saturated rings. The highest BCUT2D eigenvalue weighted by molar-refractivity contribution is 6.53. The summed E-state index contributed by atoms with van der Waals surface area (Å²) in [5.41, 5.74) is 1.26. The molecule has 0 aromatic heterocycles. The van der Waals surface area contributed by atoms with Crippen LogP contribution in [0.2, 0.25) is 15.1 Å². The molecule has 1 saturated carbocycles. The lowest BCUT2D eigenvalue weighted by Gasteiger charge is -2.16.